The molecule has 6 nitrogen and oxygen atoms in total. The summed E-state index contributed by atoms with van der Waals surface area (Å²) in [6.07, 6.45) is 1.07. The quantitative estimate of drug-likeness (QED) is 0.525. The fourth-order valence-corrected chi connectivity index (χ4v) is 5.16. The minimum atomic E-state index is -4.56. The number of amides is 1. The second-order valence-electron chi connectivity index (χ2n) is 10.0. The Kier molecular flexibility index (Phi) is 7.94. The predicted molar refractivity (Wildman–Crippen MR) is 129 cm³/mol. The number of anilines is 2. The van der Waals surface area contributed by atoms with Crippen LogP contribution in [0.15, 0.2) is 30.5 Å². The van der Waals surface area contributed by atoms with Crippen LogP contribution in [-0.4, -0.2) is 39.9 Å². The van der Waals surface area contributed by atoms with Crippen LogP contribution in [0.4, 0.5) is 24.8 Å². The van der Waals surface area contributed by atoms with Gasteiger partial charge in [-0.15, -0.1) is 0 Å². The third kappa shape index (κ3) is 6.72. The van der Waals surface area contributed by atoms with E-state index in [2.05, 4.69) is 25.5 Å². The van der Waals surface area contributed by atoms with Crippen LogP contribution in [0.3, 0.4) is 0 Å². The molecule has 1 aromatic heterocycles. The summed E-state index contributed by atoms with van der Waals surface area (Å²) >= 11 is 0. The van der Waals surface area contributed by atoms with E-state index in [1.54, 1.807) is 0 Å². The molecule has 1 unspecified atom stereocenters. The molecule has 2 aliphatic rings. The maximum absolute atomic E-state index is 13.7. The summed E-state index contributed by atoms with van der Waals surface area (Å²) in [4.78, 5) is 23.2. The smallest absolute Gasteiger partial charge is 0.354 e. The zero-order valence-corrected chi connectivity index (χ0v) is 20.4. The summed E-state index contributed by atoms with van der Waals surface area (Å²) in [5.74, 6) is -0.436. The first-order valence-electron chi connectivity index (χ1n) is 12.5. The van der Waals surface area contributed by atoms with Gasteiger partial charge in [0.2, 0.25) is 11.9 Å². The first-order chi connectivity index (χ1) is 16.7. The van der Waals surface area contributed by atoms with Crippen molar-refractivity contribution in [3.05, 3.63) is 47.3 Å². The highest BCUT2D eigenvalue weighted by atomic mass is 19.4. The topological polar surface area (TPSA) is 70.2 Å². The maximum Gasteiger partial charge on any atom is 0.419 e. The number of nitrogens with zero attached hydrogens (tertiary/aromatic N) is 3. The highest BCUT2D eigenvalue weighted by Crippen LogP contribution is 2.38. The van der Waals surface area contributed by atoms with E-state index in [0.29, 0.717) is 12.8 Å². The van der Waals surface area contributed by atoms with E-state index in [1.807, 2.05) is 38.1 Å². The lowest BCUT2D eigenvalue weighted by Crippen LogP contribution is -2.37. The number of carbonyl (C=O) groups excluding carboxylic acids is 1. The molecule has 1 aliphatic heterocycles. The summed E-state index contributed by atoms with van der Waals surface area (Å²) < 4.78 is 41.2. The molecule has 9 heteroatoms. The van der Waals surface area contributed by atoms with E-state index < -0.39 is 11.7 Å². The van der Waals surface area contributed by atoms with E-state index in [4.69, 9.17) is 0 Å². The van der Waals surface area contributed by atoms with Gasteiger partial charge in [-0.25, -0.2) is 9.97 Å². The Morgan fingerprint density at radius 3 is 2.49 bits per heavy atom. The van der Waals surface area contributed by atoms with Gasteiger partial charge in [0, 0.05) is 30.4 Å². The van der Waals surface area contributed by atoms with Gasteiger partial charge in [0.25, 0.3) is 0 Å². The van der Waals surface area contributed by atoms with Gasteiger partial charge < -0.3 is 10.6 Å². The molecule has 190 valence electrons. The van der Waals surface area contributed by atoms with E-state index in [0.717, 1.165) is 37.9 Å². The molecule has 2 atom stereocenters. The van der Waals surface area contributed by atoms with Crippen LogP contribution in [0, 0.1) is 11.8 Å². The zero-order valence-electron chi connectivity index (χ0n) is 20.4. The Bertz CT molecular complexity index is 1000. The van der Waals surface area contributed by atoms with Crippen molar-refractivity contribution < 1.29 is 18.0 Å². The average molecular weight is 490 g/mol. The minimum Gasteiger partial charge on any atom is -0.354 e. The molecule has 1 saturated heterocycles. The summed E-state index contributed by atoms with van der Waals surface area (Å²) in [7, 11) is 0. The van der Waals surface area contributed by atoms with Crippen molar-refractivity contribution in [2.45, 2.75) is 71.1 Å². The molecule has 0 spiro atoms. The first-order valence-corrected chi connectivity index (χ1v) is 12.5. The molecule has 2 aromatic rings. The Hall–Kier alpha value is -2.68. The number of alkyl halides is 3. The number of carbonyl (C=O) groups is 1. The van der Waals surface area contributed by atoms with E-state index in [9.17, 15) is 18.0 Å². The number of benzene rings is 1. The van der Waals surface area contributed by atoms with Gasteiger partial charge in [-0.05, 0) is 82.7 Å². The van der Waals surface area contributed by atoms with Gasteiger partial charge in [-0.1, -0.05) is 18.6 Å². The molecule has 1 saturated carbocycles. The lowest BCUT2D eigenvalue weighted by atomic mass is 9.89. The van der Waals surface area contributed by atoms with Gasteiger partial charge in [0.15, 0.2) is 0 Å². The van der Waals surface area contributed by atoms with Crippen molar-refractivity contribution >= 4 is 17.5 Å². The number of aromatic nitrogens is 2. The Morgan fingerprint density at radius 1 is 1.11 bits per heavy atom. The van der Waals surface area contributed by atoms with E-state index >= 15 is 0 Å². The van der Waals surface area contributed by atoms with Gasteiger partial charge in [-0.2, -0.15) is 13.2 Å². The van der Waals surface area contributed by atoms with Crippen LogP contribution in [0.1, 0.15) is 62.8 Å². The van der Waals surface area contributed by atoms with Crippen molar-refractivity contribution in [1.82, 2.24) is 20.2 Å². The lowest BCUT2D eigenvalue weighted by molar-refractivity contribution is -0.138. The van der Waals surface area contributed by atoms with Crippen molar-refractivity contribution in [1.29, 1.82) is 0 Å². The summed E-state index contributed by atoms with van der Waals surface area (Å²) in [6, 6.07) is 7.82. The average Bonchev–Trinajstić information content (AvgIpc) is 3.46. The largest absolute Gasteiger partial charge is 0.419 e. The molecule has 4 rings (SSSR count). The molecule has 2 N–H and O–H groups in total. The lowest BCUT2D eigenvalue weighted by Gasteiger charge is -2.22. The van der Waals surface area contributed by atoms with Crippen LogP contribution in [0.5, 0.6) is 0 Å². The molecule has 35 heavy (non-hydrogen) atoms. The molecule has 2 heterocycles. The van der Waals surface area contributed by atoms with Gasteiger partial charge in [-0.3, -0.25) is 9.69 Å². The predicted octanol–water partition coefficient (Wildman–Crippen LogP) is 5.32. The molecule has 0 bridgehead atoms. The van der Waals surface area contributed by atoms with Crippen LogP contribution < -0.4 is 10.6 Å². The second-order valence-corrected chi connectivity index (χ2v) is 10.0. The molecule has 1 aliphatic carbocycles. The number of nitrogens with one attached hydrogen (secondary N) is 2. The fourth-order valence-electron chi connectivity index (χ4n) is 5.16. The maximum atomic E-state index is 13.7. The molecule has 2 fully saturated rings. The van der Waals surface area contributed by atoms with Gasteiger partial charge in [0.05, 0.1) is 11.3 Å². The number of halogens is 3. The van der Waals surface area contributed by atoms with Gasteiger partial charge >= 0.3 is 6.18 Å². The zero-order chi connectivity index (χ0) is 25.0. The third-order valence-electron chi connectivity index (χ3n) is 6.87. The van der Waals surface area contributed by atoms with Gasteiger partial charge in [0.1, 0.15) is 0 Å². The van der Waals surface area contributed by atoms with Crippen molar-refractivity contribution in [2.75, 3.05) is 18.4 Å². The number of hydrogen-bond donors (Lipinski definition) is 2. The monoisotopic (exact) mass is 489 g/mol. The van der Waals surface area contributed by atoms with Crippen LogP contribution in [0.25, 0.3) is 0 Å². The number of hydrogen-bond acceptors (Lipinski definition) is 5. The number of likely N-dealkylation sites (tertiary alicyclic amines) is 1. The Balaban J connectivity index is 1.49. The molecular formula is C26H34F3N5O. The van der Waals surface area contributed by atoms with Crippen molar-refractivity contribution in [3.63, 3.8) is 0 Å². The van der Waals surface area contributed by atoms with Crippen molar-refractivity contribution in [3.8, 4) is 0 Å². The molecular weight excluding hydrogens is 455 g/mol. The summed E-state index contributed by atoms with van der Waals surface area (Å²) in [6.45, 7) is 6.89. The SMILES string of the molecule is CC(C)NC(=O)[C@H]1CCCC1Cc1nc(Nc2ccc(CN3CCCC3)cc2)ncc1C(F)(F)F. The van der Waals surface area contributed by atoms with E-state index in [1.165, 1.54) is 18.4 Å². The molecule has 1 amide bonds. The Labute approximate surface area is 204 Å². The Morgan fingerprint density at radius 2 is 1.83 bits per heavy atom. The van der Waals surface area contributed by atoms with Crippen molar-refractivity contribution in [2.24, 2.45) is 11.8 Å². The highest BCUT2D eigenvalue weighted by molar-refractivity contribution is 5.79. The van der Waals surface area contributed by atoms with E-state index in [-0.39, 0.29) is 41.8 Å². The number of rotatable bonds is 8. The standard InChI is InChI=1S/C26H34F3N5O/c1-17(2)31-24(35)21-7-5-6-19(21)14-23-22(26(27,28)29)15-30-25(33-23)32-20-10-8-18(9-11-20)16-34-12-3-4-13-34/h8-11,15,17,19,21H,3-7,12-14,16H2,1-2H3,(H,31,35)(H,30,32,33)/t19?,21-/m0/s1. The molecule has 0 radical (unpaired) electrons. The summed E-state index contributed by atoms with van der Waals surface area (Å²) in [5, 5.41) is 5.95. The van der Waals surface area contributed by atoms with Crippen LogP contribution in [-0.2, 0) is 23.9 Å². The molecule has 1 aromatic carbocycles. The fraction of sp³-hybridized carbons (Fsp3) is 0.577. The normalized spacial score (nSPS) is 21.0. The highest BCUT2D eigenvalue weighted by Gasteiger charge is 2.39. The second kappa shape index (κ2) is 10.9. The van der Waals surface area contributed by atoms with Crippen LogP contribution >= 0.6 is 0 Å². The van der Waals surface area contributed by atoms with Crippen LogP contribution in [0.2, 0.25) is 0 Å². The first kappa shape index (κ1) is 25.4. The minimum absolute atomic E-state index is 0.00826. The summed E-state index contributed by atoms with van der Waals surface area (Å²) in [5.41, 5.74) is 1.02. The third-order valence-corrected chi connectivity index (χ3v) is 6.87.